The van der Waals surface area contributed by atoms with E-state index in [4.69, 9.17) is 4.74 Å². The highest BCUT2D eigenvalue weighted by Gasteiger charge is 2.40. The van der Waals surface area contributed by atoms with Gasteiger partial charge in [-0.25, -0.2) is 0 Å². The maximum Gasteiger partial charge on any atom is 0.251 e. The Bertz CT molecular complexity index is 494. The van der Waals surface area contributed by atoms with Crippen molar-refractivity contribution >= 4 is 5.91 Å². The molecule has 3 atom stereocenters. The molecule has 2 fully saturated rings. The number of hydrogen-bond donors (Lipinski definition) is 1. The van der Waals surface area contributed by atoms with Gasteiger partial charge in [0.1, 0.15) is 12.4 Å². The highest BCUT2D eigenvalue weighted by Crippen LogP contribution is 2.44. The van der Waals surface area contributed by atoms with Crippen molar-refractivity contribution in [1.82, 2.24) is 5.32 Å². The number of benzene rings is 1. The van der Waals surface area contributed by atoms with Gasteiger partial charge >= 0.3 is 0 Å². The number of ether oxygens (including phenoxy) is 1. The molecule has 2 bridgehead atoms. The Hall–Kier alpha value is -1.77. The monoisotopic (exact) mass is 271 g/mol. The fourth-order valence-corrected chi connectivity index (χ4v) is 3.53. The number of amides is 1. The fourth-order valence-electron chi connectivity index (χ4n) is 3.53. The summed E-state index contributed by atoms with van der Waals surface area (Å²) in [7, 11) is 0. The maximum atomic E-state index is 12.2. The number of fused-ring (bicyclic) bond motifs is 2. The van der Waals surface area contributed by atoms with Gasteiger partial charge in [0.15, 0.2) is 0 Å². The maximum absolute atomic E-state index is 12.2. The van der Waals surface area contributed by atoms with Gasteiger partial charge in [0, 0.05) is 11.6 Å². The minimum atomic E-state index is 0.0396. The molecule has 3 nitrogen and oxygen atoms in total. The molecule has 106 valence electrons. The lowest BCUT2D eigenvalue weighted by Crippen LogP contribution is -2.38. The molecule has 1 amide bonds. The molecule has 0 radical (unpaired) electrons. The molecular weight excluding hydrogens is 250 g/mol. The summed E-state index contributed by atoms with van der Waals surface area (Å²) in [6.45, 7) is 4.09. The number of carbonyl (C=O) groups is 1. The first-order valence-electron chi connectivity index (χ1n) is 7.41. The Morgan fingerprint density at radius 1 is 1.30 bits per heavy atom. The molecule has 3 heteroatoms. The van der Waals surface area contributed by atoms with Crippen LogP contribution in [-0.2, 0) is 0 Å². The molecule has 3 rings (SSSR count). The van der Waals surface area contributed by atoms with Crippen molar-refractivity contribution < 1.29 is 9.53 Å². The first-order chi connectivity index (χ1) is 9.76. The van der Waals surface area contributed by atoms with Crippen LogP contribution in [0.5, 0.6) is 5.75 Å². The lowest BCUT2D eigenvalue weighted by Gasteiger charge is -2.22. The molecule has 3 unspecified atom stereocenters. The highest BCUT2D eigenvalue weighted by atomic mass is 16.5. The van der Waals surface area contributed by atoms with Gasteiger partial charge in [-0.1, -0.05) is 19.1 Å². The van der Waals surface area contributed by atoms with E-state index in [-0.39, 0.29) is 5.91 Å². The topological polar surface area (TPSA) is 38.3 Å². The van der Waals surface area contributed by atoms with E-state index in [1.54, 1.807) is 6.08 Å². The summed E-state index contributed by atoms with van der Waals surface area (Å²) in [5, 5.41) is 3.19. The highest BCUT2D eigenvalue weighted by molar-refractivity contribution is 5.94. The number of rotatable bonds is 5. The van der Waals surface area contributed by atoms with E-state index in [1.807, 2.05) is 24.3 Å². The third-order valence-electron chi connectivity index (χ3n) is 4.54. The zero-order valence-electron chi connectivity index (χ0n) is 11.7. The van der Waals surface area contributed by atoms with Crippen molar-refractivity contribution in [3.05, 3.63) is 42.5 Å². The van der Waals surface area contributed by atoms with Crippen LogP contribution < -0.4 is 10.1 Å². The van der Waals surface area contributed by atoms with Gasteiger partial charge in [-0.15, -0.1) is 0 Å². The summed E-state index contributed by atoms with van der Waals surface area (Å²) in [6, 6.07) is 7.69. The second-order valence-corrected chi connectivity index (χ2v) is 5.88. The predicted molar refractivity (Wildman–Crippen MR) is 78.8 cm³/mol. The fraction of sp³-hybridized carbons (Fsp3) is 0.471. The minimum Gasteiger partial charge on any atom is -0.490 e. The molecule has 2 aliphatic carbocycles. The lowest BCUT2D eigenvalue weighted by atomic mass is 9.95. The summed E-state index contributed by atoms with van der Waals surface area (Å²) >= 11 is 0. The van der Waals surface area contributed by atoms with E-state index in [1.165, 1.54) is 19.3 Å². The van der Waals surface area contributed by atoms with Crippen LogP contribution in [0.25, 0.3) is 0 Å². The summed E-state index contributed by atoms with van der Waals surface area (Å²) in [4.78, 5) is 12.2. The van der Waals surface area contributed by atoms with Crippen molar-refractivity contribution in [3.8, 4) is 5.75 Å². The molecule has 0 saturated heterocycles. The van der Waals surface area contributed by atoms with Crippen molar-refractivity contribution in [2.75, 3.05) is 6.61 Å². The first-order valence-corrected chi connectivity index (χ1v) is 7.41. The van der Waals surface area contributed by atoms with Gasteiger partial charge in [-0.2, -0.15) is 0 Å². The van der Waals surface area contributed by atoms with Crippen LogP contribution in [0, 0.1) is 11.8 Å². The molecule has 1 aromatic rings. The van der Waals surface area contributed by atoms with Crippen LogP contribution in [0.4, 0.5) is 0 Å². The van der Waals surface area contributed by atoms with E-state index in [0.717, 1.165) is 18.1 Å². The van der Waals surface area contributed by atoms with Crippen molar-refractivity contribution in [2.45, 2.75) is 31.7 Å². The molecule has 0 spiro atoms. The Labute approximate surface area is 120 Å². The van der Waals surface area contributed by atoms with E-state index in [0.29, 0.717) is 24.1 Å². The number of hydrogen-bond acceptors (Lipinski definition) is 2. The van der Waals surface area contributed by atoms with E-state index in [2.05, 4.69) is 11.9 Å². The standard InChI is InChI=1S/C17H21NO2/c1-2-9-20-15-7-5-13(6-8-15)17(19)18-16-11-12-3-4-14(16)10-12/h2,5-8,12,14,16H,1,3-4,9-11H2,(H,18,19). The molecule has 0 aliphatic heterocycles. The SMILES string of the molecule is C=CCOc1ccc(C(=O)NC2CC3CCC2C3)cc1. The Balaban J connectivity index is 1.58. The number of carbonyl (C=O) groups excluding carboxylic acids is 1. The van der Waals surface area contributed by atoms with Crippen LogP contribution in [0.3, 0.4) is 0 Å². The van der Waals surface area contributed by atoms with Crippen LogP contribution >= 0.6 is 0 Å². The molecule has 0 heterocycles. The Kier molecular flexibility index (Phi) is 3.77. The van der Waals surface area contributed by atoms with Crippen LogP contribution in [0.15, 0.2) is 36.9 Å². The average molecular weight is 271 g/mol. The molecule has 1 N–H and O–H groups in total. The number of nitrogens with one attached hydrogen (secondary N) is 1. The zero-order valence-corrected chi connectivity index (χ0v) is 11.7. The van der Waals surface area contributed by atoms with E-state index >= 15 is 0 Å². The average Bonchev–Trinajstić information content (AvgIpc) is 3.08. The third kappa shape index (κ3) is 2.72. The second kappa shape index (κ2) is 5.70. The van der Waals surface area contributed by atoms with Crippen molar-refractivity contribution in [3.63, 3.8) is 0 Å². The van der Waals surface area contributed by atoms with Crippen molar-refractivity contribution in [1.29, 1.82) is 0 Å². The van der Waals surface area contributed by atoms with E-state index in [9.17, 15) is 4.79 Å². The zero-order chi connectivity index (χ0) is 13.9. The van der Waals surface area contributed by atoms with Gasteiger partial charge in [-0.05, 0) is 55.4 Å². The Morgan fingerprint density at radius 3 is 2.70 bits per heavy atom. The van der Waals surface area contributed by atoms with Crippen LogP contribution in [-0.4, -0.2) is 18.6 Å². The van der Waals surface area contributed by atoms with Gasteiger partial charge in [-0.3, -0.25) is 4.79 Å². The summed E-state index contributed by atoms with van der Waals surface area (Å²) < 4.78 is 5.41. The summed E-state index contributed by atoms with van der Waals surface area (Å²) in [5.41, 5.74) is 0.707. The van der Waals surface area contributed by atoms with E-state index < -0.39 is 0 Å². The summed E-state index contributed by atoms with van der Waals surface area (Å²) in [5.74, 6) is 2.36. The predicted octanol–water partition coefficient (Wildman–Crippen LogP) is 3.17. The van der Waals surface area contributed by atoms with Gasteiger partial charge < -0.3 is 10.1 Å². The van der Waals surface area contributed by atoms with Crippen molar-refractivity contribution in [2.24, 2.45) is 11.8 Å². The van der Waals surface area contributed by atoms with Crippen LogP contribution in [0.1, 0.15) is 36.0 Å². The van der Waals surface area contributed by atoms with Gasteiger partial charge in [0.05, 0.1) is 0 Å². The smallest absolute Gasteiger partial charge is 0.251 e. The molecule has 1 aromatic carbocycles. The summed E-state index contributed by atoms with van der Waals surface area (Å²) in [6.07, 6.45) is 6.81. The molecule has 2 aliphatic rings. The van der Waals surface area contributed by atoms with Gasteiger partial charge in [0.25, 0.3) is 5.91 Å². The first kappa shape index (κ1) is 13.2. The second-order valence-electron chi connectivity index (χ2n) is 5.88. The minimum absolute atomic E-state index is 0.0396. The third-order valence-corrected chi connectivity index (χ3v) is 4.54. The van der Waals surface area contributed by atoms with Gasteiger partial charge in [0.2, 0.25) is 0 Å². The molecule has 0 aromatic heterocycles. The molecule has 20 heavy (non-hydrogen) atoms. The molecule has 2 saturated carbocycles. The largest absolute Gasteiger partial charge is 0.490 e. The quantitative estimate of drug-likeness (QED) is 0.835. The van der Waals surface area contributed by atoms with Crippen LogP contribution in [0.2, 0.25) is 0 Å². The molecular formula is C17H21NO2. The Morgan fingerprint density at radius 2 is 2.10 bits per heavy atom. The lowest BCUT2D eigenvalue weighted by molar-refractivity contribution is 0.0923. The normalized spacial score (nSPS) is 27.3.